The summed E-state index contributed by atoms with van der Waals surface area (Å²) >= 11 is 4.11. The van der Waals surface area contributed by atoms with Gasteiger partial charge in [0.05, 0.1) is 13.0 Å². The Morgan fingerprint density at radius 1 is 1.26 bits per heavy atom. The molecule has 0 aromatic rings. The molecule has 110 valence electrons. The van der Waals surface area contributed by atoms with Crippen molar-refractivity contribution in [2.75, 3.05) is 26.0 Å². The molecule has 1 saturated carbocycles. The third kappa shape index (κ3) is 5.05. The van der Waals surface area contributed by atoms with E-state index < -0.39 is 0 Å². The van der Waals surface area contributed by atoms with Gasteiger partial charge in [-0.1, -0.05) is 0 Å². The third-order valence-electron chi connectivity index (χ3n) is 3.92. The number of amides is 1. The van der Waals surface area contributed by atoms with Gasteiger partial charge < -0.3 is 9.64 Å². The Labute approximate surface area is 121 Å². The summed E-state index contributed by atoms with van der Waals surface area (Å²) in [4.78, 5) is 25.2. The van der Waals surface area contributed by atoms with Gasteiger partial charge in [-0.2, -0.15) is 12.6 Å². The van der Waals surface area contributed by atoms with Crippen molar-refractivity contribution in [2.45, 2.75) is 39.0 Å². The molecule has 0 unspecified atom stereocenters. The molecule has 4 nitrogen and oxygen atoms in total. The Bertz CT molecular complexity index is 301. The molecule has 0 spiro atoms. The second kappa shape index (κ2) is 8.46. The van der Waals surface area contributed by atoms with Gasteiger partial charge in [-0.15, -0.1) is 0 Å². The van der Waals surface area contributed by atoms with E-state index in [0.29, 0.717) is 18.1 Å². The van der Waals surface area contributed by atoms with Crippen molar-refractivity contribution in [1.29, 1.82) is 0 Å². The molecule has 1 aliphatic rings. The number of carbonyl (C=O) groups excluding carboxylic acids is 2. The molecule has 1 aliphatic carbocycles. The molecule has 1 fully saturated rings. The largest absolute Gasteiger partial charge is 0.469 e. The fourth-order valence-corrected chi connectivity index (χ4v) is 2.91. The smallest absolute Gasteiger partial charge is 0.308 e. The molecule has 0 bridgehead atoms. The first-order valence-corrected chi connectivity index (χ1v) is 7.72. The van der Waals surface area contributed by atoms with E-state index in [2.05, 4.69) is 12.6 Å². The van der Waals surface area contributed by atoms with Crippen LogP contribution in [0.15, 0.2) is 0 Å². The Hall–Kier alpha value is -0.710. The second-order valence-corrected chi connectivity index (χ2v) is 5.59. The molecular formula is C14H25NO3S. The zero-order valence-electron chi connectivity index (χ0n) is 11.9. The highest BCUT2D eigenvalue weighted by molar-refractivity contribution is 7.80. The van der Waals surface area contributed by atoms with Crippen LogP contribution in [0.5, 0.6) is 0 Å². The van der Waals surface area contributed by atoms with Gasteiger partial charge >= 0.3 is 5.97 Å². The molecule has 5 heteroatoms. The standard InChI is InChI=1S/C14H25NO3S/c1-3-15(13(16)8-9-19)10-11-4-6-12(7-5-11)14(17)18-2/h11-12,19H,3-10H2,1-2H3. The van der Waals surface area contributed by atoms with E-state index in [9.17, 15) is 9.59 Å². The van der Waals surface area contributed by atoms with Crippen molar-refractivity contribution in [3.05, 3.63) is 0 Å². The number of nitrogens with zero attached hydrogens (tertiary/aromatic N) is 1. The first kappa shape index (κ1) is 16.3. The summed E-state index contributed by atoms with van der Waals surface area (Å²) in [5.74, 6) is 1.28. The van der Waals surface area contributed by atoms with E-state index in [-0.39, 0.29) is 17.8 Å². The average molecular weight is 287 g/mol. The topological polar surface area (TPSA) is 46.6 Å². The maximum atomic E-state index is 11.9. The van der Waals surface area contributed by atoms with Gasteiger partial charge in [0.25, 0.3) is 0 Å². The first-order valence-electron chi connectivity index (χ1n) is 7.08. The quantitative estimate of drug-likeness (QED) is 0.601. The molecule has 0 aromatic carbocycles. The Balaban J connectivity index is 2.38. The normalized spacial score (nSPS) is 22.9. The van der Waals surface area contributed by atoms with Crippen molar-refractivity contribution >= 4 is 24.5 Å². The molecule has 0 N–H and O–H groups in total. The number of hydrogen-bond acceptors (Lipinski definition) is 4. The van der Waals surface area contributed by atoms with Crippen molar-refractivity contribution in [1.82, 2.24) is 4.90 Å². The first-order chi connectivity index (χ1) is 9.12. The van der Waals surface area contributed by atoms with Crippen LogP contribution < -0.4 is 0 Å². The summed E-state index contributed by atoms with van der Waals surface area (Å²) in [5.41, 5.74) is 0. The number of ether oxygens (including phenoxy) is 1. The summed E-state index contributed by atoms with van der Waals surface area (Å²) in [6, 6.07) is 0. The monoisotopic (exact) mass is 287 g/mol. The van der Waals surface area contributed by atoms with Crippen molar-refractivity contribution in [3.63, 3.8) is 0 Å². The van der Waals surface area contributed by atoms with Crippen molar-refractivity contribution < 1.29 is 14.3 Å². The summed E-state index contributed by atoms with van der Waals surface area (Å²) in [5, 5.41) is 0. The van der Waals surface area contributed by atoms with Crippen LogP contribution in [-0.4, -0.2) is 42.7 Å². The minimum atomic E-state index is -0.0862. The lowest BCUT2D eigenvalue weighted by Gasteiger charge is -2.31. The molecule has 0 atom stereocenters. The van der Waals surface area contributed by atoms with Gasteiger partial charge in [0.15, 0.2) is 0 Å². The molecule has 0 aromatic heterocycles. The molecule has 19 heavy (non-hydrogen) atoms. The van der Waals surface area contributed by atoms with Crippen LogP contribution in [0.2, 0.25) is 0 Å². The predicted molar refractivity (Wildman–Crippen MR) is 78.2 cm³/mol. The van der Waals surface area contributed by atoms with Crippen LogP contribution in [0.25, 0.3) is 0 Å². The molecule has 0 saturated heterocycles. The molecular weight excluding hydrogens is 262 g/mol. The van der Waals surface area contributed by atoms with Crippen LogP contribution >= 0.6 is 12.6 Å². The molecule has 1 amide bonds. The number of methoxy groups -OCH3 is 1. The minimum Gasteiger partial charge on any atom is -0.469 e. The lowest BCUT2D eigenvalue weighted by atomic mass is 9.82. The SMILES string of the molecule is CCN(CC1CCC(C(=O)OC)CC1)C(=O)CCS. The minimum absolute atomic E-state index is 0.0597. The lowest BCUT2D eigenvalue weighted by Crippen LogP contribution is -2.37. The van der Waals surface area contributed by atoms with Crippen LogP contribution in [0, 0.1) is 11.8 Å². The van der Waals surface area contributed by atoms with E-state index in [0.717, 1.165) is 38.8 Å². The van der Waals surface area contributed by atoms with E-state index in [4.69, 9.17) is 4.74 Å². The van der Waals surface area contributed by atoms with Crippen LogP contribution in [0.1, 0.15) is 39.0 Å². The third-order valence-corrected chi connectivity index (χ3v) is 4.14. The Morgan fingerprint density at radius 3 is 2.37 bits per heavy atom. The summed E-state index contributed by atoms with van der Waals surface area (Å²) in [7, 11) is 1.45. The van der Waals surface area contributed by atoms with Gasteiger partial charge in [0.2, 0.25) is 5.91 Å². The van der Waals surface area contributed by atoms with Gasteiger partial charge in [0, 0.05) is 19.5 Å². The molecule has 0 aliphatic heterocycles. The van der Waals surface area contributed by atoms with Crippen LogP contribution in [0.4, 0.5) is 0 Å². The zero-order valence-corrected chi connectivity index (χ0v) is 12.8. The number of carbonyl (C=O) groups is 2. The lowest BCUT2D eigenvalue weighted by molar-refractivity contribution is -0.147. The summed E-state index contributed by atoms with van der Waals surface area (Å²) in [6.07, 6.45) is 4.29. The Morgan fingerprint density at radius 2 is 1.89 bits per heavy atom. The fraction of sp³-hybridized carbons (Fsp3) is 0.857. The van der Waals surface area contributed by atoms with Crippen molar-refractivity contribution in [2.24, 2.45) is 11.8 Å². The van der Waals surface area contributed by atoms with E-state index in [1.54, 1.807) is 0 Å². The number of hydrogen-bond donors (Lipinski definition) is 1. The maximum absolute atomic E-state index is 11.9. The summed E-state index contributed by atoms with van der Waals surface area (Å²) < 4.78 is 4.79. The van der Waals surface area contributed by atoms with Gasteiger partial charge in [-0.3, -0.25) is 9.59 Å². The Kier molecular flexibility index (Phi) is 7.28. The van der Waals surface area contributed by atoms with Crippen LogP contribution in [0.3, 0.4) is 0 Å². The van der Waals surface area contributed by atoms with E-state index in [1.807, 2.05) is 11.8 Å². The highest BCUT2D eigenvalue weighted by Crippen LogP contribution is 2.30. The zero-order chi connectivity index (χ0) is 14.3. The molecule has 0 radical (unpaired) electrons. The average Bonchev–Trinajstić information content (AvgIpc) is 2.44. The predicted octanol–water partition coefficient (Wildman–Crippen LogP) is 2.13. The second-order valence-electron chi connectivity index (χ2n) is 5.15. The van der Waals surface area contributed by atoms with Crippen LogP contribution in [-0.2, 0) is 14.3 Å². The number of esters is 1. The maximum Gasteiger partial charge on any atom is 0.308 e. The summed E-state index contributed by atoms with van der Waals surface area (Å²) in [6.45, 7) is 3.58. The van der Waals surface area contributed by atoms with Gasteiger partial charge in [0.1, 0.15) is 0 Å². The molecule has 0 heterocycles. The van der Waals surface area contributed by atoms with Gasteiger partial charge in [-0.05, 0) is 44.3 Å². The highest BCUT2D eigenvalue weighted by Gasteiger charge is 2.28. The van der Waals surface area contributed by atoms with E-state index in [1.165, 1.54) is 7.11 Å². The molecule has 1 rings (SSSR count). The number of rotatable bonds is 6. The number of thiol groups is 1. The van der Waals surface area contributed by atoms with E-state index >= 15 is 0 Å². The van der Waals surface area contributed by atoms with Gasteiger partial charge in [-0.25, -0.2) is 0 Å². The fourth-order valence-electron chi connectivity index (χ4n) is 2.72. The highest BCUT2D eigenvalue weighted by atomic mass is 32.1. The van der Waals surface area contributed by atoms with Crippen molar-refractivity contribution in [3.8, 4) is 0 Å².